The zero-order valence-electron chi connectivity index (χ0n) is 11.1. The van der Waals surface area contributed by atoms with Crippen LogP contribution < -0.4 is 10.3 Å². The first-order chi connectivity index (χ1) is 10.2. The van der Waals surface area contributed by atoms with Gasteiger partial charge in [-0.05, 0) is 23.9 Å². The molecule has 21 heavy (non-hydrogen) atoms. The average molecular weight is 280 g/mol. The van der Waals surface area contributed by atoms with Crippen LogP contribution in [0.15, 0.2) is 46.7 Å². The van der Waals surface area contributed by atoms with Gasteiger partial charge < -0.3 is 0 Å². The summed E-state index contributed by atoms with van der Waals surface area (Å²) in [4.78, 5) is 23.3. The summed E-state index contributed by atoms with van der Waals surface area (Å²) < 4.78 is 0. The third kappa shape index (κ3) is 1.79. The van der Waals surface area contributed by atoms with E-state index in [4.69, 9.17) is 0 Å². The van der Waals surface area contributed by atoms with Gasteiger partial charge in [0.15, 0.2) is 0 Å². The topological polar surface area (TPSA) is 74.1 Å². The summed E-state index contributed by atoms with van der Waals surface area (Å²) in [5.41, 5.74) is 1.65. The second-order valence-electron chi connectivity index (χ2n) is 5.15. The summed E-state index contributed by atoms with van der Waals surface area (Å²) in [6.07, 6.45) is 0.766. The van der Waals surface area contributed by atoms with Gasteiger partial charge in [0.25, 0.3) is 5.91 Å². The molecule has 2 aliphatic heterocycles. The maximum Gasteiger partial charge on any atom is 0.251 e. The lowest BCUT2D eigenvalue weighted by Crippen LogP contribution is -2.51. The van der Waals surface area contributed by atoms with E-state index in [1.165, 1.54) is 0 Å². The van der Waals surface area contributed by atoms with Crippen molar-refractivity contribution >= 4 is 34.0 Å². The first kappa shape index (κ1) is 12.0. The minimum atomic E-state index is -0.495. The van der Waals surface area contributed by atoms with Gasteiger partial charge in [0.2, 0.25) is 5.91 Å². The number of anilines is 1. The first-order valence-electron chi connectivity index (χ1n) is 6.80. The van der Waals surface area contributed by atoms with E-state index in [-0.39, 0.29) is 11.8 Å². The maximum atomic E-state index is 12.1. The van der Waals surface area contributed by atoms with E-state index < -0.39 is 6.04 Å². The van der Waals surface area contributed by atoms with Crippen LogP contribution in [0.25, 0.3) is 10.8 Å². The Bertz CT molecular complexity index is 794. The number of nitrogens with one attached hydrogen (secondary N) is 1. The van der Waals surface area contributed by atoms with Crippen LogP contribution in [0.4, 0.5) is 11.4 Å². The molecule has 0 aliphatic carbocycles. The minimum Gasteiger partial charge on any atom is -0.295 e. The van der Waals surface area contributed by atoms with E-state index in [1.54, 1.807) is 5.01 Å². The Morgan fingerprint density at radius 1 is 1.14 bits per heavy atom. The van der Waals surface area contributed by atoms with Crippen molar-refractivity contribution in [1.82, 2.24) is 5.32 Å². The Morgan fingerprint density at radius 3 is 2.76 bits per heavy atom. The molecule has 0 bridgehead atoms. The van der Waals surface area contributed by atoms with Crippen LogP contribution in [-0.4, -0.2) is 17.9 Å². The van der Waals surface area contributed by atoms with Crippen molar-refractivity contribution in [2.45, 2.75) is 18.9 Å². The molecule has 6 nitrogen and oxygen atoms in total. The molecule has 0 saturated carbocycles. The highest BCUT2D eigenvalue weighted by atomic mass is 16.2. The second kappa shape index (κ2) is 4.37. The number of nitrogens with zero attached hydrogens (tertiary/aromatic N) is 3. The molecule has 1 N–H and O–H groups in total. The largest absolute Gasteiger partial charge is 0.295 e. The van der Waals surface area contributed by atoms with Gasteiger partial charge >= 0.3 is 0 Å². The molecule has 0 aromatic heterocycles. The van der Waals surface area contributed by atoms with Crippen molar-refractivity contribution in [3.63, 3.8) is 0 Å². The van der Waals surface area contributed by atoms with Gasteiger partial charge in [-0.2, -0.15) is 0 Å². The van der Waals surface area contributed by atoms with Crippen LogP contribution in [0.5, 0.6) is 0 Å². The van der Waals surface area contributed by atoms with E-state index in [0.717, 1.165) is 22.1 Å². The monoisotopic (exact) mass is 280 g/mol. The van der Waals surface area contributed by atoms with Crippen LogP contribution in [0, 0.1) is 0 Å². The van der Waals surface area contributed by atoms with Gasteiger partial charge in [-0.15, -0.1) is 5.11 Å². The van der Waals surface area contributed by atoms with Crippen molar-refractivity contribution in [3.8, 4) is 0 Å². The standard InChI is InChI=1S/C15H12N4O2/c20-13-8-7-12(15(21)16-13)19-11-6-2-4-9-3-1-5-10(14(9)11)17-18-19/h1-6,12H,7-8H2,(H,16,20,21). The molecular formula is C15H12N4O2. The highest BCUT2D eigenvalue weighted by molar-refractivity contribution is 6.06. The number of carbonyl (C=O) groups is 2. The molecule has 1 saturated heterocycles. The normalized spacial score (nSPS) is 20.8. The van der Waals surface area contributed by atoms with E-state index >= 15 is 0 Å². The molecule has 104 valence electrons. The first-order valence-corrected chi connectivity index (χ1v) is 6.80. The van der Waals surface area contributed by atoms with Crippen LogP contribution in [0.2, 0.25) is 0 Å². The third-order valence-electron chi connectivity index (χ3n) is 3.86. The summed E-state index contributed by atoms with van der Waals surface area (Å²) in [5.74, 6) is -0.551. The molecule has 0 spiro atoms. The second-order valence-corrected chi connectivity index (χ2v) is 5.15. The van der Waals surface area contributed by atoms with Crippen LogP contribution >= 0.6 is 0 Å². The maximum absolute atomic E-state index is 12.1. The number of benzene rings is 2. The van der Waals surface area contributed by atoms with Crippen LogP contribution in [0.3, 0.4) is 0 Å². The lowest BCUT2D eigenvalue weighted by molar-refractivity contribution is -0.134. The summed E-state index contributed by atoms with van der Waals surface area (Å²) in [6, 6.07) is 11.2. The van der Waals surface area contributed by atoms with E-state index in [2.05, 4.69) is 15.7 Å². The molecule has 6 heteroatoms. The number of carbonyl (C=O) groups excluding carboxylic acids is 2. The fraction of sp³-hybridized carbons (Fsp3) is 0.200. The molecule has 0 radical (unpaired) electrons. The van der Waals surface area contributed by atoms with Crippen molar-refractivity contribution in [2.24, 2.45) is 10.3 Å². The molecule has 4 rings (SSSR count). The summed E-state index contributed by atoms with van der Waals surface area (Å²) in [5, 5.41) is 14.4. The Morgan fingerprint density at radius 2 is 1.95 bits per heavy atom. The zero-order valence-corrected chi connectivity index (χ0v) is 11.1. The van der Waals surface area contributed by atoms with Gasteiger partial charge in [0, 0.05) is 11.8 Å². The highest BCUT2D eigenvalue weighted by Crippen LogP contribution is 2.40. The lowest BCUT2D eigenvalue weighted by Gasteiger charge is -2.32. The van der Waals surface area contributed by atoms with Gasteiger partial charge in [-0.3, -0.25) is 14.9 Å². The minimum absolute atomic E-state index is 0.233. The molecule has 1 fully saturated rings. The van der Waals surface area contributed by atoms with Crippen molar-refractivity contribution in [3.05, 3.63) is 36.4 Å². The molecule has 2 aromatic rings. The number of piperidine rings is 1. The Labute approximate surface area is 120 Å². The number of imide groups is 1. The van der Waals surface area contributed by atoms with Crippen molar-refractivity contribution < 1.29 is 9.59 Å². The smallest absolute Gasteiger partial charge is 0.251 e. The summed E-state index contributed by atoms with van der Waals surface area (Å²) in [7, 11) is 0. The highest BCUT2D eigenvalue weighted by Gasteiger charge is 2.34. The predicted molar refractivity (Wildman–Crippen MR) is 77.1 cm³/mol. The summed E-state index contributed by atoms with van der Waals surface area (Å²) in [6.45, 7) is 0. The number of rotatable bonds is 1. The molecule has 2 amide bonds. The predicted octanol–water partition coefficient (Wildman–Crippen LogP) is 2.46. The summed E-state index contributed by atoms with van der Waals surface area (Å²) >= 11 is 0. The number of hydrogen-bond acceptors (Lipinski definition) is 5. The molecule has 2 heterocycles. The fourth-order valence-electron chi connectivity index (χ4n) is 2.87. The molecule has 1 unspecified atom stereocenters. The number of hydrogen-bond donors (Lipinski definition) is 1. The van der Waals surface area contributed by atoms with Gasteiger partial charge in [-0.25, -0.2) is 5.01 Å². The van der Waals surface area contributed by atoms with Crippen LogP contribution in [0.1, 0.15) is 12.8 Å². The van der Waals surface area contributed by atoms with E-state index in [9.17, 15) is 9.59 Å². The fourth-order valence-corrected chi connectivity index (χ4v) is 2.87. The van der Waals surface area contributed by atoms with Gasteiger partial charge in [0.05, 0.1) is 11.4 Å². The van der Waals surface area contributed by atoms with E-state index in [1.807, 2.05) is 36.4 Å². The van der Waals surface area contributed by atoms with E-state index in [0.29, 0.717) is 12.8 Å². The lowest BCUT2D eigenvalue weighted by atomic mass is 10.0. The molecule has 1 atom stereocenters. The molecule has 2 aromatic carbocycles. The van der Waals surface area contributed by atoms with Crippen LogP contribution in [-0.2, 0) is 9.59 Å². The number of amides is 2. The quantitative estimate of drug-likeness (QED) is 0.815. The van der Waals surface area contributed by atoms with Gasteiger partial charge in [-0.1, -0.05) is 29.5 Å². The van der Waals surface area contributed by atoms with Crippen molar-refractivity contribution in [1.29, 1.82) is 0 Å². The average Bonchev–Trinajstić information content (AvgIpc) is 2.49. The SMILES string of the molecule is O=C1CCC(N2N=Nc3cccc4cccc2c34)C(=O)N1. The third-order valence-corrected chi connectivity index (χ3v) is 3.86. The molecular weight excluding hydrogens is 268 g/mol. The Kier molecular flexibility index (Phi) is 2.50. The Hall–Kier alpha value is -2.76. The Balaban J connectivity index is 1.83. The zero-order chi connectivity index (χ0) is 14.4. The molecule has 2 aliphatic rings. The van der Waals surface area contributed by atoms with Gasteiger partial charge in [0.1, 0.15) is 6.04 Å². The van der Waals surface area contributed by atoms with Crippen molar-refractivity contribution in [2.75, 3.05) is 5.01 Å².